The van der Waals surface area contributed by atoms with Gasteiger partial charge in [-0.15, -0.1) is 0 Å². The molecule has 0 saturated carbocycles. The average molecular weight is 255 g/mol. The van der Waals surface area contributed by atoms with Gasteiger partial charge in [-0.05, 0) is 66.3 Å². The van der Waals surface area contributed by atoms with E-state index >= 15 is 0 Å². The number of hydrogen-bond acceptors (Lipinski definition) is 3. The van der Waals surface area contributed by atoms with Crippen LogP contribution < -0.4 is 5.32 Å². The van der Waals surface area contributed by atoms with Crippen LogP contribution in [0.15, 0.2) is 0 Å². The molecule has 2 aliphatic heterocycles. The van der Waals surface area contributed by atoms with Crippen molar-refractivity contribution in [1.29, 1.82) is 0 Å². The highest BCUT2D eigenvalue weighted by Crippen LogP contribution is 2.37. The van der Waals surface area contributed by atoms with Gasteiger partial charge in [-0.2, -0.15) is 0 Å². The van der Waals surface area contributed by atoms with Gasteiger partial charge in [-0.1, -0.05) is 0 Å². The molecular weight excluding hydrogens is 226 g/mol. The lowest BCUT2D eigenvalue weighted by molar-refractivity contribution is -0.0701. The summed E-state index contributed by atoms with van der Waals surface area (Å²) in [6.07, 6.45) is 6.50. The van der Waals surface area contributed by atoms with Crippen LogP contribution in [0.3, 0.4) is 0 Å². The summed E-state index contributed by atoms with van der Waals surface area (Å²) >= 11 is 0. The van der Waals surface area contributed by atoms with Crippen LogP contribution in [0.4, 0.5) is 0 Å². The summed E-state index contributed by atoms with van der Waals surface area (Å²) in [5, 5.41) is 3.67. The Morgan fingerprint density at radius 3 is 2.50 bits per heavy atom. The molecule has 0 aliphatic carbocycles. The lowest BCUT2D eigenvalue weighted by Crippen LogP contribution is -2.44. The quantitative estimate of drug-likeness (QED) is 0.838. The number of nitrogens with one attached hydrogen (secondary N) is 1. The predicted molar refractivity (Wildman–Crippen MR) is 73.9 cm³/mol. The van der Waals surface area contributed by atoms with Crippen LogP contribution in [0.1, 0.15) is 59.8 Å². The summed E-state index contributed by atoms with van der Waals surface area (Å²) in [5.74, 6) is 0. The Labute approximate surface area is 112 Å². The fourth-order valence-electron chi connectivity index (χ4n) is 3.33. The molecule has 2 atom stereocenters. The molecule has 0 radical (unpaired) electrons. The van der Waals surface area contributed by atoms with Gasteiger partial charge < -0.3 is 14.8 Å². The van der Waals surface area contributed by atoms with E-state index in [2.05, 4.69) is 33.0 Å². The lowest BCUT2D eigenvalue weighted by atomic mass is 9.94. The SMILES string of the molecule is CC1(C)CC(NCCC2CCCCO2)C(C)(C)O1. The van der Waals surface area contributed by atoms with Crippen molar-refractivity contribution in [3.05, 3.63) is 0 Å². The third kappa shape index (κ3) is 3.69. The maximum absolute atomic E-state index is 6.10. The third-order valence-corrected chi connectivity index (χ3v) is 4.21. The standard InChI is InChI=1S/C15H29NO2/c1-14(2)11-13(15(3,4)18-14)16-9-8-12-7-5-6-10-17-12/h12-13,16H,5-11H2,1-4H3. The Balaban J connectivity index is 1.73. The van der Waals surface area contributed by atoms with E-state index < -0.39 is 0 Å². The Kier molecular flexibility index (Phi) is 4.35. The number of hydrogen-bond donors (Lipinski definition) is 1. The normalized spacial score (nSPS) is 34.7. The molecule has 2 fully saturated rings. The molecule has 2 saturated heterocycles. The molecule has 0 bridgehead atoms. The Hall–Kier alpha value is -0.120. The van der Waals surface area contributed by atoms with Crippen molar-refractivity contribution in [2.75, 3.05) is 13.2 Å². The van der Waals surface area contributed by atoms with Crippen LogP contribution in [-0.2, 0) is 9.47 Å². The highest BCUT2D eigenvalue weighted by molar-refractivity contribution is 4.98. The summed E-state index contributed by atoms with van der Waals surface area (Å²) in [7, 11) is 0. The molecule has 0 amide bonds. The fraction of sp³-hybridized carbons (Fsp3) is 1.00. The van der Waals surface area contributed by atoms with Crippen molar-refractivity contribution in [2.45, 2.75) is 83.1 Å². The molecule has 3 nitrogen and oxygen atoms in total. The first kappa shape index (κ1) is 14.3. The van der Waals surface area contributed by atoms with Gasteiger partial charge in [0.1, 0.15) is 0 Å². The number of rotatable bonds is 4. The van der Waals surface area contributed by atoms with Crippen molar-refractivity contribution in [2.24, 2.45) is 0 Å². The molecule has 2 rings (SSSR count). The lowest BCUT2D eigenvalue weighted by Gasteiger charge is -2.29. The summed E-state index contributed by atoms with van der Waals surface area (Å²) in [6.45, 7) is 10.7. The molecule has 2 heterocycles. The first-order chi connectivity index (χ1) is 8.39. The van der Waals surface area contributed by atoms with Crippen LogP contribution in [0.25, 0.3) is 0 Å². The topological polar surface area (TPSA) is 30.5 Å². The van der Waals surface area contributed by atoms with Crippen LogP contribution in [0, 0.1) is 0 Å². The highest BCUT2D eigenvalue weighted by Gasteiger charge is 2.45. The van der Waals surface area contributed by atoms with Gasteiger partial charge in [-0.3, -0.25) is 0 Å². The van der Waals surface area contributed by atoms with Crippen molar-refractivity contribution in [3.63, 3.8) is 0 Å². The third-order valence-electron chi connectivity index (χ3n) is 4.21. The highest BCUT2D eigenvalue weighted by atomic mass is 16.5. The first-order valence-corrected chi connectivity index (χ1v) is 7.44. The van der Waals surface area contributed by atoms with E-state index in [0.29, 0.717) is 12.1 Å². The summed E-state index contributed by atoms with van der Waals surface area (Å²) < 4.78 is 11.9. The second-order valence-corrected chi connectivity index (χ2v) is 6.95. The van der Waals surface area contributed by atoms with Gasteiger partial charge in [0.05, 0.1) is 17.3 Å². The van der Waals surface area contributed by atoms with E-state index in [-0.39, 0.29) is 11.2 Å². The monoisotopic (exact) mass is 255 g/mol. The summed E-state index contributed by atoms with van der Waals surface area (Å²) in [5.41, 5.74) is -0.0561. The smallest absolute Gasteiger partial charge is 0.0787 e. The van der Waals surface area contributed by atoms with E-state index in [1.54, 1.807) is 0 Å². The van der Waals surface area contributed by atoms with E-state index in [1.165, 1.54) is 19.3 Å². The van der Waals surface area contributed by atoms with Gasteiger partial charge in [0.15, 0.2) is 0 Å². The van der Waals surface area contributed by atoms with Crippen molar-refractivity contribution >= 4 is 0 Å². The predicted octanol–water partition coefficient (Wildman–Crippen LogP) is 2.88. The molecule has 3 heteroatoms. The summed E-state index contributed by atoms with van der Waals surface area (Å²) in [4.78, 5) is 0. The van der Waals surface area contributed by atoms with Crippen LogP contribution in [0.2, 0.25) is 0 Å². The van der Waals surface area contributed by atoms with Gasteiger partial charge in [-0.25, -0.2) is 0 Å². The zero-order chi connectivity index (χ0) is 13.2. The van der Waals surface area contributed by atoms with Crippen molar-refractivity contribution in [3.8, 4) is 0 Å². The molecular formula is C15H29NO2. The minimum absolute atomic E-state index is 0.00249. The van der Waals surface area contributed by atoms with E-state index in [9.17, 15) is 0 Å². The number of ether oxygens (including phenoxy) is 2. The average Bonchev–Trinajstić information content (AvgIpc) is 2.48. The van der Waals surface area contributed by atoms with Crippen LogP contribution in [-0.4, -0.2) is 36.5 Å². The molecule has 2 aliphatic rings. The summed E-state index contributed by atoms with van der Waals surface area (Å²) in [6, 6.07) is 0.455. The second-order valence-electron chi connectivity index (χ2n) is 6.95. The van der Waals surface area contributed by atoms with E-state index in [4.69, 9.17) is 9.47 Å². The van der Waals surface area contributed by atoms with Crippen LogP contribution in [0.5, 0.6) is 0 Å². The maximum Gasteiger partial charge on any atom is 0.0787 e. The molecule has 0 aromatic heterocycles. The Morgan fingerprint density at radius 2 is 1.94 bits per heavy atom. The molecule has 2 unspecified atom stereocenters. The van der Waals surface area contributed by atoms with Gasteiger partial charge in [0.2, 0.25) is 0 Å². The van der Waals surface area contributed by atoms with Crippen LogP contribution >= 0.6 is 0 Å². The Morgan fingerprint density at radius 1 is 1.17 bits per heavy atom. The van der Waals surface area contributed by atoms with Crippen molar-refractivity contribution < 1.29 is 9.47 Å². The Bertz CT molecular complexity index is 270. The van der Waals surface area contributed by atoms with E-state index in [0.717, 1.165) is 26.0 Å². The minimum atomic E-state index is -0.0586. The van der Waals surface area contributed by atoms with Gasteiger partial charge >= 0.3 is 0 Å². The molecule has 0 aromatic rings. The van der Waals surface area contributed by atoms with Gasteiger partial charge in [0, 0.05) is 12.6 Å². The largest absolute Gasteiger partial charge is 0.378 e. The molecule has 0 aromatic carbocycles. The molecule has 18 heavy (non-hydrogen) atoms. The zero-order valence-corrected chi connectivity index (χ0v) is 12.4. The minimum Gasteiger partial charge on any atom is -0.378 e. The molecule has 106 valence electrons. The fourth-order valence-corrected chi connectivity index (χ4v) is 3.33. The first-order valence-electron chi connectivity index (χ1n) is 7.44. The maximum atomic E-state index is 6.10. The molecule has 0 spiro atoms. The molecule has 1 N–H and O–H groups in total. The van der Waals surface area contributed by atoms with Crippen molar-refractivity contribution in [1.82, 2.24) is 5.32 Å². The zero-order valence-electron chi connectivity index (χ0n) is 12.4. The van der Waals surface area contributed by atoms with Gasteiger partial charge in [0.25, 0.3) is 0 Å². The second kappa shape index (κ2) is 5.48. The van der Waals surface area contributed by atoms with E-state index in [1.807, 2.05) is 0 Å².